The lowest BCUT2D eigenvalue weighted by molar-refractivity contribution is 0.100. The standard InChI is InChI=1S/C25H25N3O4S2/c1-2-15-28(18-10-4-3-5-11-18)34(31,32)19-12-8-9-17(16-19)24(30)27-25-22(23(26)29)20-13-6-7-14-21(20)33-25/h2-5,8-12,16H,1,6-7,13-15H2,(H2,26,29)(H,27,30). The topological polar surface area (TPSA) is 110 Å². The van der Waals surface area contributed by atoms with Crippen molar-refractivity contribution in [2.24, 2.45) is 5.73 Å². The quantitative estimate of drug-likeness (QED) is 0.453. The normalized spacial score (nSPS) is 13.1. The number of sulfonamides is 1. The highest BCUT2D eigenvalue weighted by molar-refractivity contribution is 7.92. The summed E-state index contributed by atoms with van der Waals surface area (Å²) in [5.74, 6) is -1.08. The Morgan fingerprint density at radius 3 is 2.53 bits per heavy atom. The minimum Gasteiger partial charge on any atom is -0.365 e. The maximum Gasteiger partial charge on any atom is 0.264 e. The van der Waals surface area contributed by atoms with E-state index in [0.29, 0.717) is 16.3 Å². The Hall–Kier alpha value is -3.43. The summed E-state index contributed by atoms with van der Waals surface area (Å²) < 4.78 is 28.1. The molecule has 0 saturated heterocycles. The average molecular weight is 496 g/mol. The first-order valence-electron chi connectivity index (χ1n) is 10.9. The molecular weight excluding hydrogens is 470 g/mol. The van der Waals surface area contributed by atoms with Crippen LogP contribution in [0, 0.1) is 0 Å². The van der Waals surface area contributed by atoms with E-state index in [0.717, 1.165) is 36.1 Å². The van der Waals surface area contributed by atoms with Gasteiger partial charge in [-0.2, -0.15) is 0 Å². The second-order valence-electron chi connectivity index (χ2n) is 7.92. The number of nitrogens with one attached hydrogen (secondary N) is 1. The van der Waals surface area contributed by atoms with E-state index < -0.39 is 21.8 Å². The molecule has 1 aliphatic carbocycles. The second-order valence-corrected chi connectivity index (χ2v) is 10.9. The predicted molar refractivity (Wildman–Crippen MR) is 135 cm³/mol. The molecule has 0 spiro atoms. The SMILES string of the molecule is C=CCN(c1ccccc1)S(=O)(=O)c1cccc(C(=O)Nc2sc3c(c2C(N)=O)CCCC3)c1. The number of hydrogen-bond acceptors (Lipinski definition) is 5. The molecule has 1 aliphatic rings. The highest BCUT2D eigenvalue weighted by Gasteiger charge is 2.27. The lowest BCUT2D eigenvalue weighted by atomic mass is 9.95. The number of carbonyl (C=O) groups excluding carboxylic acids is 2. The van der Waals surface area contributed by atoms with Crippen molar-refractivity contribution in [1.82, 2.24) is 0 Å². The third-order valence-corrected chi connectivity index (χ3v) is 8.67. The molecule has 0 unspecified atom stereocenters. The number of carbonyl (C=O) groups is 2. The van der Waals surface area contributed by atoms with Gasteiger partial charge in [-0.25, -0.2) is 8.42 Å². The average Bonchev–Trinajstić information content (AvgIpc) is 3.21. The summed E-state index contributed by atoms with van der Waals surface area (Å²) in [6, 6.07) is 14.5. The molecule has 2 amide bonds. The summed E-state index contributed by atoms with van der Waals surface area (Å²) in [4.78, 5) is 26.2. The van der Waals surface area contributed by atoms with Crippen molar-refractivity contribution >= 4 is 43.9 Å². The molecule has 4 rings (SSSR count). The number of anilines is 2. The lowest BCUT2D eigenvalue weighted by Crippen LogP contribution is -2.31. The first kappa shape index (κ1) is 23.7. The van der Waals surface area contributed by atoms with Crippen LogP contribution in [0.5, 0.6) is 0 Å². The van der Waals surface area contributed by atoms with Crippen molar-refractivity contribution in [2.75, 3.05) is 16.2 Å². The Labute approximate surface area is 203 Å². The molecule has 1 aromatic heterocycles. The number of nitrogens with two attached hydrogens (primary N) is 1. The Balaban J connectivity index is 1.65. The van der Waals surface area contributed by atoms with Gasteiger partial charge in [-0.1, -0.05) is 30.3 Å². The van der Waals surface area contributed by atoms with Crippen LogP contribution in [-0.4, -0.2) is 26.8 Å². The number of fused-ring (bicyclic) bond motifs is 1. The van der Waals surface area contributed by atoms with Crippen LogP contribution in [0.25, 0.3) is 0 Å². The van der Waals surface area contributed by atoms with Crippen molar-refractivity contribution < 1.29 is 18.0 Å². The number of para-hydroxylation sites is 1. The molecule has 176 valence electrons. The van der Waals surface area contributed by atoms with Crippen molar-refractivity contribution in [3.63, 3.8) is 0 Å². The zero-order valence-electron chi connectivity index (χ0n) is 18.5. The maximum absolute atomic E-state index is 13.4. The van der Waals surface area contributed by atoms with Gasteiger partial charge in [0, 0.05) is 10.4 Å². The van der Waals surface area contributed by atoms with E-state index in [2.05, 4.69) is 11.9 Å². The van der Waals surface area contributed by atoms with Crippen molar-refractivity contribution in [3.05, 3.63) is 88.8 Å². The highest BCUT2D eigenvalue weighted by Crippen LogP contribution is 2.38. The molecular formula is C25H25N3O4S2. The fourth-order valence-electron chi connectivity index (χ4n) is 4.07. The molecule has 0 aliphatic heterocycles. The van der Waals surface area contributed by atoms with Gasteiger partial charge in [-0.05, 0) is 61.6 Å². The fraction of sp³-hybridized carbons (Fsp3) is 0.200. The molecule has 2 aromatic carbocycles. The molecule has 0 fully saturated rings. The second kappa shape index (κ2) is 9.82. The van der Waals surface area contributed by atoms with E-state index >= 15 is 0 Å². The monoisotopic (exact) mass is 495 g/mol. The largest absolute Gasteiger partial charge is 0.365 e. The van der Waals surface area contributed by atoms with Crippen molar-refractivity contribution in [2.45, 2.75) is 30.6 Å². The van der Waals surface area contributed by atoms with Gasteiger partial charge >= 0.3 is 0 Å². The summed E-state index contributed by atoms with van der Waals surface area (Å²) in [5.41, 5.74) is 7.55. The molecule has 7 nitrogen and oxygen atoms in total. The van der Waals surface area contributed by atoms with Crippen molar-refractivity contribution in [1.29, 1.82) is 0 Å². The molecule has 0 saturated carbocycles. The fourth-order valence-corrected chi connectivity index (χ4v) is 6.84. The smallest absolute Gasteiger partial charge is 0.264 e. The summed E-state index contributed by atoms with van der Waals surface area (Å²) in [6.07, 6.45) is 5.11. The summed E-state index contributed by atoms with van der Waals surface area (Å²) >= 11 is 1.36. The van der Waals surface area contributed by atoms with E-state index in [-0.39, 0.29) is 17.0 Å². The van der Waals surface area contributed by atoms with Gasteiger partial charge in [0.25, 0.3) is 21.8 Å². The Bertz CT molecular complexity index is 1350. The van der Waals surface area contributed by atoms with E-state index in [4.69, 9.17) is 5.73 Å². The Morgan fingerprint density at radius 1 is 1.09 bits per heavy atom. The van der Waals surface area contributed by atoms with Gasteiger partial charge in [-0.3, -0.25) is 13.9 Å². The number of thiophene rings is 1. The Kier molecular flexibility index (Phi) is 6.85. The number of aryl methyl sites for hydroxylation is 1. The summed E-state index contributed by atoms with van der Waals surface area (Å²) in [6.45, 7) is 3.74. The molecule has 9 heteroatoms. The van der Waals surface area contributed by atoms with Crippen LogP contribution in [-0.2, 0) is 22.9 Å². The number of hydrogen-bond donors (Lipinski definition) is 2. The van der Waals surface area contributed by atoms with E-state index in [1.807, 2.05) is 0 Å². The van der Waals surface area contributed by atoms with Gasteiger partial charge in [-0.15, -0.1) is 17.9 Å². The van der Waals surface area contributed by atoms with Gasteiger partial charge < -0.3 is 11.1 Å². The van der Waals surface area contributed by atoms with Crippen LogP contribution in [0.3, 0.4) is 0 Å². The van der Waals surface area contributed by atoms with Crippen LogP contribution in [0.4, 0.5) is 10.7 Å². The van der Waals surface area contributed by atoms with E-state index in [1.165, 1.54) is 46.0 Å². The number of rotatable bonds is 8. The zero-order chi connectivity index (χ0) is 24.3. The predicted octanol–water partition coefficient (Wildman–Crippen LogP) is 4.36. The number of benzene rings is 2. The minimum atomic E-state index is -3.96. The van der Waals surface area contributed by atoms with Gasteiger partial charge in [0.1, 0.15) is 5.00 Å². The lowest BCUT2D eigenvalue weighted by Gasteiger charge is -2.23. The van der Waals surface area contributed by atoms with Gasteiger partial charge in [0.2, 0.25) is 0 Å². The highest BCUT2D eigenvalue weighted by atomic mass is 32.2. The zero-order valence-corrected chi connectivity index (χ0v) is 20.1. The molecule has 34 heavy (non-hydrogen) atoms. The Morgan fingerprint density at radius 2 is 1.82 bits per heavy atom. The molecule has 1 heterocycles. The van der Waals surface area contributed by atoms with E-state index in [9.17, 15) is 18.0 Å². The van der Waals surface area contributed by atoms with Gasteiger partial charge in [0.15, 0.2) is 0 Å². The van der Waals surface area contributed by atoms with E-state index in [1.54, 1.807) is 30.3 Å². The van der Waals surface area contributed by atoms with Crippen LogP contribution in [0.1, 0.15) is 44.0 Å². The maximum atomic E-state index is 13.4. The van der Waals surface area contributed by atoms with Gasteiger partial charge in [0.05, 0.1) is 22.7 Å². The summed E-state index contributed by atoms with van der Waals surface area (Å²) in [7, 11) is -3.96. The molecule has 0 atom stereocenters. The molecule has 0 bridgehead atoms. The third kappa shape index (κ3) is 4.62. The van der Waals surface area contributed by atoms with Crippen LogP contribution < -0.4 is 15.4 Å². The first-order valence-corrected chi connectivity index (χ1v) is 13.1. The van der Waals surface area contributed by atoms with Crippen LogP contribution in [0.15, 0.2) is 72.1 Å². The third-order valence-electron chi connectivity index (χ3n) is 5.67. The summed E-state index contributed by atoms with van der Waals surface area (Å²) in [5, 5.41) is 3.20. The van der Waals surface area contributed by atoms with Crippen molar-refractivity contribution in [3.8, 4) is 0 Å². The molecule has 3 aromatic rings. The van der Waals surface area contributed by atoms with Crippen LogP contribution in [0.2, 0.25) is 0 Å². The number of primary amides is 1. The molecule has 3 N–H and O–H groups in total. The first-order chi connectivity index (χ1) is 16.3. The molecule has 0 radical (unpaired) electrons. The minimum absolute atomic E-state index is 0.0218. The van der Waals surface area contributed by atoms with Crippen LogP contribution >= 0.6 is 11.3 Å². The number of amides is 2. The number of nitrogens with zero attached hydrogens (tertiary/aromatic N) is 1.